The average molecular weight is 295 g/mol. The molecule has 21 heavy (non-hydrogen) atoms. The number of nitrogens with zero attached hydrogens (tertiary/aromatic N) is 1. The van der Waals surface area contributed by atoms with Crippen molar-refractivity contribution in [2.45, 2.75) is 71.8 Å². The maximum atomic E-state index is 12.5. The van der Waals surface area contributed by atoms with Crippen molar-refractivity contribution in [2.24, 2.45) is 17.3 Å². The van der Waals surface area contributed by atoms with Crippen LogP contribution in [0.2, 0.25) is 0 Å². The smallest absolute Gasteiger partial charge is 0.308 e. The Morgan fingerprint density at radius 3 is 2.38 bits per heavy atom. The predicted octanol–water partition coefficient (Wildman–Crippen LogP) is 3.30. The fourth-order valence-electron chi connectivity index (χ4n) is 3.85. The van der Waals surface area contributed by atoms with E-state index in [0.717, 1.165) is 25.8 Å². The highest BCUT2D eigenvalue weighted by molar-refractivity contribution is 5.79. The van der Waals surface area contributed by atoms with Crippen LogP contribution in [-0.4, -0.2) is 34.5 Å². The van der Waals surface area contributed by atoms with Crippen LogP contribution in [0, 0.1) is 17.3 Å². The van der Waals surface area contributed by atoms with Gasteiger partial charge in [0.2, 0.25) is 5.91 Å². The first-order valence-corrected chi connectivity index (χ1v) is 8.32. The molecule has 0 aromatic rings. The molecule has 2 rings (SSSR count). The van der Waals surface area contributed by atoms with Gasteiger partial charge in [0.25, 0.3) is 0 Å². The summed E-state index contributed by atoms with van der Waals surface area (Å²) in [4.78, 5) is 25.6. The lowest BCUT2D eigenvalue weighted by Crippen LogP contribution is -2.49. The minimum atomic E-state index is -0.764. The molecule has 0 bridgehead atoms. The van der Waals surface area contributed by atoms with E-state index in [1.807, 2.05) is 11.8 Å². The Balaban J connectivity index is 1.89. The van der Waals surface area contributed by atoms with Gasteiger partial charge in [-0.15, -0.1) is 0 Å². The SMILES string of the molecule is C[C@@H]1[C@H](C(=O)O)CCCN1C(=O)CC1CCC(C)(C)CC1. The summed E-state index contributed by atoms with van der Waals surface area (Å²) in [6.45, 7) is 7.21. The number of carbonyl (C=O) groups excluding carboxylic acids is 1. The molecular weight excluding hydrogens is 266 g/mol. The molecule has 0 spiro atoms. The summed E-state index contributed by atoms with van der Waals surface area (Å²) in [7, 11) is 0. The molecule has 0 radical (unpaired) electrons. The van der Waals surface area contributed by atoms with Crippen molar-refractivity contribution in [3.63, 3.8) is 0 Å². The molecule has 1 saturated carbocycles. The summed E-state index contributed by atoms with van der Waals surface area (Å²) < 4.78 is 0. The van der Waals surface area contributed by atoms with Crippen molar-refractivity contribution < 1.29 is 14.7 Å². The van der Waals surface area contributed by atoms with Crippen molar-refractivity contribution >= 4 is 11.9 Å². The zero-order chi connectivity index (χ0) is 15.6. The van der Waals surface area contributed by atoms with E-state index in [0.29, 0.717) is 24.2 Å². The number of carboxylic acid groups (broad SMARTS) is 1. The van der Waals surface area contributed by atoms with Crippen LogP contribution in [0.5, 0.6) is 0 Å². The normalized spacial score (nSPS) is 30.1. The first-order valence-electron chi connectivity index (χ1n) is 8.32. The third-order valence-electron chi connectivity index (χ3n) is 5.55. The lowest BCUT2D eigenvalue weighted by Gasteiger charge is -2.39. The van der Waals surface area contributed by atoms with Crippen LogP contribution in [-0.2, 0) is 9.59 Å². The van der Waals surface area contributed by atoms with Gasteiger partial charge in [-0.3, -0.25) is 9.59 Å². The second-order valence-electron chi connectivity index (χ2n) is 7.73. The fraction of sp³-hybridized carbons (Fsp3) is 0.882. The van der Waals surface area contributed by atoms with Crippen LogP contribution in [0.25, 0.3) is 0 Å². The zero-order valence-electron chi connectivity index (χ0n) is 13.6. The average Bonchev–Trinajstić information content (AvgIpc) is 2.41. The Bertz CT molecular complexity index is 395. The highest BCUT2D eigenvalue weighted by Crippen LogP contribution is 2.39. The first-order chi connectivity index (χ1) is 9.80. The van der Waals surface area contributed by atoms with Gasteiger partial charge in [-0.1, -0.05) is 13.8 Å². The fourth-order valence-corrected chi connectivity index (χ4v) is 3.85. The molecule has 0 aromatic carbocycles. The van der Waals surface area contributed by atoms with E-state index in [4.69, 9.17) is 0 Å². The molecule has 1 N–H and O–H groups in total. The Morgan fingerprint density at radius 1 is 1.19 bits per heavy atom. The minimum Gasteiger partial charge on any atom is -0.481 e. The van der Waals surface area contributed by atoms with Crippen molar-refractivity contribution in [3.05, 3.63) is 0 Å². The van der Waals surface area contributed by atoms with Crippen LogP contribution < -0.4 is 0 Å². The van der Waals surface area contributed by atoms with Crippen molar-refractivity contribution in [1.82, 2.24) is 4.90 Å². The molecule has 2 atom stereocenters. The second-order valence-corrected chi connectivity index (χ2v) is 7.73. The number of rotatable bonds is 3. The molecule has 4 heteroatoms. The monoisotopic (exact) mass is 295 g/mol. The number of amides is 1. The molecule has 1 heterocycles. The van der Waals surface area contributed by atoms with E-state index in [9.17, 15) is 14.7 Å². The minimum absolute atomic E-state index is 0.163. The molecule has 1 saturated heterocycles. The third kappa shape index (κ3) is 3.98. The molecule has 120 valence electrons. The number of hydrogen-bond acceptors (Lipinski definition) is 2. The molecular formula is C17H29NO3. The quantitative estimate of drug-likeness (QED) is 0.869. The molecule has 1 aliphatic carbocycles. The van der Waals surface area contributed by atoms with Gasteiger partial charge in [0.1, 0.15) is 0 Å². The number of carboxylic acids is 1. The summed E-state index contributed by atoms with van der Waals surface area (Å²) in [6.07, 6.45) is 6.75. The first kappa shape index (κ1) is 16.3. The summed E-state index contributed by atoms with van der Waals surface area (Å²) in [5, 5.41) is 9.25. The number of carbonyl (C=O) groups is 2. The van der Waals surface area contributed by atoms with Gasteiger partial charge in [-0.25, -0.2) is 0 Å². The van der Waals surface area contributed by atoms with Crippen LogP contribution in [0.1, 0.15) is 65.7 Å². The summed E-state index contributed by atoms with van der Waals surface area (Å²) in [6, 6.07) is -0.163. The largest absolute Gasteiger partial charge is 0.481 e. The molecule has 0 unspecified atom stereocenters. The third-order valence-corrected chi connectivity index (χ3v) is 5.55. The van der Waals surface area contributed by atoms with E-state index in [1.165, 1.54) is 12.8 Å². The number of hydrogen-bond donors (Lipinski definition) is 1. The Kier molecular flexibility index (Phi) is 4.95. The van der Waals surface area contributed by atoms with Gasteiger partial charge in [0.05, 0.1) is 5.92 Å². The maximum Gasteiger partial charge on any atom is 0.308 e. The summed E-state index contributed by atoms with van der Waals surface area (Å²) in [5.41, 5.74) is 0.423. The van der Waals surface area contributed by atoms with Crippen LogP contribution in [0.4, 0.5) is 0 Å². The number of aliphatic carboxylic acids is 1. The van der Waals surface area contributed by atoms with E-state index in [1.54, 1.807) is 0 Å². The van der Waals surface area contributed by atoms with Gasteiger partial charge in [0, 0.05) is 19.0 Å². The lowest BCUT2D eigenvalue weighted by atomic mass is 9.72. The Hall–Kier alpha value is -1.06. The second kappa shape index (κ2) is 6.37. The van der Waals surface area contributed by atoms with Crippen molar-refractivity contribution in [3.8, 4) is 0 Å². The molecule has 2 fully saturated rings. The van der Waals surface area contributed by atoms with Gasteiger partial charge >= 0.3 is 5.97 Å². The standard InChI is InChI=1S/C17H29NO3/c1-12-14(16(20)21)5-4-10-18(12)15(19)11-13-6-8-17(2,3)9-7-13/h12-14H,4-11H2,1-3H3,(H,20,21)/t12-,14-/m1/s1. The topological polar surface area (TPSA) is 57.6 Å². The number of likely N-dealkylation sites (tertiary alicyclic amines) is 1. The molecule has 1 amide bonds. The van der Waals surface area contributed by atoms with E-state index >= 15 is 0 Å². The molecule has 1 aliphatic heterocycles. The number of piperidine rings is 1. The van der Waals surface area contributed by atoms with Crippen molar-refractivity contribution in [2.75, 3.05) is 6.54 Å². The Labute approximate surface area is 127 Å². The predicted molar refractivity (Wildman–Crippen MR) is 81.9 cm³/mol. The highest BCUT2D eigenvalue weighted by atomic mass is 16.4. The summed E-state index contributed by atoms with van der Waals surface area (Å²) >= 11 is 0. The molecule has 4 nitrogen and oxygen atoms in total. The van der Waals surface area contributed by atoms with Crippen LogP contribution in [0.3, 0.4) is 0 Å². The maximum absolute atomic E-state index is 12.5. The molecule has 0 aromatic heterocycles. The van der Waals surface area contributed by atoms with E-state index < -0.39 is 11.9 Å². The van der Waals surface area contributed by atoms with Gasteiger partial charge < -0.3 is 10.0 Å². The van der Waals surface area contributed by atoms with E-state index in [-0.39, 0.29) is 11.9 Å². The van der Waals surface area contributed by atoms with Gasteiger partial charge in [0.15, 0.2) is 0 Å². The zero-order valence-corrected chi connectivity index (χ0v) is 13.6. The van der Waals surface area contributed by atoms with Crippen LogP contribution >= 0.6 is 0 Å². The summed E-state index contributed by atoms with van der Waals surface area (Å²) in [5.74, 6) is -0.506. The highest BCUT2D eigenvalue weighted by Gasteiger charge is 2.36. The van der Waals surface area contributed by atoms with Crippen LogP contribution in [0.15, 0.2) is 0 Å². The van der Waals surface area contributed by atoms with Gasteiger partial charge in [-0.05, 0) is 56.8 Å². The van der Waals surface area contributed by atoms with Gasteiger partial charge in [-0.2, -0.15) is 0 Å². The van der Waals surface area contributed by atoms with E-state index in [2.05, 4.69) is 13.8 Å². The Morgan fingerprint density at radius 2 is 1.81 bits per heavy atom. The molecule has 2 aliphatic rings. The lowest BCUT2D eigenvalue weighted by molar-refractivity contribution is -0.149. The van der Waals surface area contributed by atoms with Crippen molar-refractivity contribution in [1.29, 1.82) is 0 Å².